The molecule has 0 aliphatic heterocycles. The molecule has 0 saturated heterocycles. The Morgan fingerprint density at radius 1 is 1.14 bits per heavy atom. The van der Waals surface area contributed by atoms with Gasteiger partial charge in [-0.1, -0.05) is 12.1 Å². The molecule has 0 radical (unpaired) electrons. The lowest BCUT2D eigenvalue weighted by molar-refractivity contribution is -0.117. The van der Waals surface area contributed by atoms with Crippen LogP contribution in [-0.4, -0.2) is 40.9 Å². The number of aromatic nitrogens is 2. The van der Waals surface area contributed by atoms with Gasteiger partial charge in [-0.15, -0.1) is 11.3 Å². The minimum Gasteiger partial charge on any atom is -0.301 e. The van der Waals surface area contributed by atoms with Crippen LogP contribution in [0.3, 0.4) is 0 Å². The van der Waals surface area contributed by atoms with Gasteiger partial charge in [0.1, 0.15) is 0 Å². The molecule has 5 nitrogen and oxygen atoms in total. The molecule has 1 amide bonds. The number of amides is 1. The summed E-state index contributed by atoms with van der Waals surface area (Å²) in [5.41, 5.74) is 6.77. The van der Waals surface area contributed by atoms with E-state index in [1.165, 1.54) is 28.0 Å². The second-order valence-electron chi connectivity index (χ2n) is 7.15. The number of nitrogens with one attached hydrogen (secondary N) is 1. The van der Waals surface area contributed by atoms with E-state index in [0.717, 1.165) is 29.9 Å². The van der Waals surface area contributed by atoms with Crippen molar-refractivity contribution >= 4 is 22.4 Å². The van der Waals surface area contributed by atoms with Crippen LogP contribution in [0.5, 0.6) is 0 Å². The van der Waals surface area contributed by atoms with Gasteiger partial charge < -0.3 is 5.32 Å². The Hall–Kier alpha value is -2.57. The molecule has 0 aliphatic rings. The molecule has 2 aromatic heterocycles. The van der Waals surface area contributed by atoms with E-state index in [1.54, 1.807) is 6.20 Å². The third-order valence-electron chi connectivity index (χ3n) is 4.76. The van der Waals surface area contributed by atoms with Crippen molar-refractivity contribution in [3.63, 3.8) is 0 Å². The number of pyridine rings is 1. The van der Waals surface area contributed by atoms with E-state index in [9.17, 15) is 4.79 Å². The van der Waals surface area contributed by atoms with E-state index in [-0.39, 0.29) is 5.91 Å². The highest BCUT2D eigenvalue weighted by atomic mass is 32.1. The number of hydrogen-bond acceptors (Lipinski definition) is 5. The Labute approximate surface area is 170 Å². The van der Waals surface area contributed by atoms with Gasteiger partial charge in [0.25, 0.3) is 0 Å². The third-order valence-corrected chi connectivity index (χ3v) is 5.51. The maximum atomic E-state index is 12.3. The lowest BCUT2D eigenvalue weighted by atomic mass is 9.99. The van der Waals surface area contributed by atoms with Gasteiger partial charge in [-0.3, -0.25) is 14.7 Å². The van der Waals surface area contributed by atoms with Crippen molar-refractivity contribution in [1.82, 2.24) is 14.9 Å². The zero-order chi connectivity index (χ0) is 20.1. The predicted octanol–water partition coefficient (Wildman–Crippen LogP) is 4.24. The number of anilines is 1. The van der Waals surface area contributed by atoms with Crippen LogP contribution in [0.1, 0.15) is 22.4 Å². The van der Waals surface area contributed by atoms with Crippen LogP contribution in [0.4, 0.5) is 5.13 Å². The van der Waals surface area contributed by atoms with Crippen LogP contribution < -0.4 is 5.32 Å². The number of carbonyl (C=O) groups is 1. The molecule has 3 aromatic rings. The minimum atomic E-state index is -0.0544. The van der Waals surface area contributed by atoms with Crippen LogP contribution in [0.15, 0.2) is 41.9 Å². The van der Waals surface area contributed by atoms with Crippen LogP contribution in [0, 0.1) is 20.8 Å². The number of nitrogens with zero attached hydrogens (tertiary/aromatic N) is 3. The van der Waals surface area contributed by atoms with Gasteiger partial charge in [0.05, 0.1) is 12.2 Å². The fraction of sp³-hybridized carbons (Fsp3) is 0.318. The molecule has 0 atom stereocenters. The van der Waals surface area contributed by atoms with Crippen molar-refractivity contribution in [2.24, 2.45) is 0 Å². The Morgan fingerprint density at radius 3 is 2.68 bits per heavy atom. The van der Waals surface area contributed by atoms with Crippen LogP contribution >= 0.6 is 11.3 Å². The average Bonchev–Trinajstić information content (AvgIpc) is 3.11. The summed E-state index contributed by atoms with van der Waals surface area (Å²) in [7, 11) is 1.94. The zero-order valence-corrected chi connectivity index (χ0v) is 17.6. The molecular weight excluding hydrogens is 368 g/mol. The molecule has 0 bridgehead atoms. The van der Waals surface area contributed by atoms with Crippen molar-refractivity contribution in [3.05, 3.63) is 64.3 Å². The SMILES string of the molecule is Cc1cc(C)c(-c2csc(NC(=O)CN(C)CCc3ccccn3)n2)cc1C. The molecule has 0 saturated carbocycles. The molecule has 6 heteroatoms. The molecule has 3 rings (SSSR count). The van der Waals surface area contributed by atoms with Gasteiger partial charge in [-0.2, -0.15) is 0 Å². The van der Waals surface area contributed by atoms with Crippen molar-refractivity contribution in [2.75, 3.05) is 25.5 Å². The summed E-state index contributed by atoms with van der Waals surface area (Å²) in [6, 6.07) is 10.2. The molecular formula is C22H26N4OS. The fourth-order valence-electron chi connectivity index (χ4n) is 3.03. The number of aryl methyl sites for hydroxylation is 3. The summed E-state index contributed by atoms with van der Waals surface area (Å²) in [5.74, 6) is -0.0544. The lowest BCUT2D eigenvalue weighted by Crippen LogP contribution is -2.31. The first-order valence-corrected chi connectivity index (χ1v) is 10.2. The monoisotopic (exact) mass is 394 g/mol. The van der Waals surface area contributed by atoms with E-state index >= 15 is 0 Å². The number of hydrogen-bond donors (Lipinski definition) is 1. The van der Waals surface area contributed by atoms with Gasteiger partial charge >= 0.3 is 0 Å². The third kappa shape index (κ3) is 5.24. The number of thiazole rings is 1. The van der Waals surface area contributed by atoms with Crippen LogP contribution in [-0.2, 0) is 11.2 Å². The zero-order valence-electron chi connectivity index (χ0n) is 16.8. The fourth-order valence-corrected chi connectivity index (χ4v) is 3.75. The van der Waals surface area contributed by atoms with E-state index in [2.05, 4.69) is 48.2 Å². The van der Waals surface area contributed by atoms with Crippen molar-refractivity contribution in [3.8, 4) is 11.3 Å². The van der Waals surface area contributed by atoms with Gasteiger partial charge in [0.15, 0.2) is 5.13 Å². The molecule has 28 heavy (non-hydrogen) atoms. The van der Waals surface area contributed by atoms with Gasteiger partial charge in [-0.25, -0.2) is 4.98 Å². The van der Waals surface area contributed by atoms with Gasteiger partial charge in [0.2, 0.25) is 5.91 Å². The molecule has 146 valence electrons. The number of likely N-dealkylation sites (N-methyl/N-ethyl adjacent to an activating group) is 1. The summed E-state index contributed by atoms with van der Waals surface area (Å²) in [6.45, 7) is 7.41. The topological polar surface area (TPSA) is 58.1 Å². The Kier molecular flexibility index (Phi) is 6.54. The normalized spacial score (nSPS) is 11.0. The maximum absolute atomic E-state index is 12.3. The van der Waals surface area contributed by atoms with Crippen LogP contribution in [0.25, 0.3) is 11.3 Å². The van der Waals surface area contributed by atoms with E-state index in [1.807, 2.05) is 35.5 Å². The molecule has 0 aliphatic carbocycles. The van der Waals surface area contributed by atoms with Crippen molar-refractivity contribution < 1.29 is 4.79 Å². The maximum Gasteiger partial charge on any atom is 0.240 e. The summed E-state index contributed by atoms with van der Waals surface area (Å²) in [5, 5.41) is 5.55. The van der Waals surface area contributed by atoms with Crippen molar-refractivity contribution in [1.29, 1.82) is 0 Å². The van der Waals surface area contributed by atoms with Gasteiger partial charge in [-0.05, 0) is 62.7 Å². The standard InChI is InChI=1S/C22H26N4OS/c1-15-11-17(3)19(12-16(15)2)20-14-28-22(24-20)25-21(27)13-26(4)10-8-18-7-5-6-9-23-18/h5-7,9,11-12,14H,8,10,13H2,1-4H3,(H,24,25,27). The van der Waals surface area contributed by atoms with Crippen LogP contribution in [0.2, 0.25) is 0 Å². The molecule has 0 spiro atoms. The molecule has 1 N–H and O–H groups in total. The van der Waals surface area contributed by atoms with E-state index < -0.39 is 0 Å². The number of carbonyl (C=O) groups excluding carboxylic acids is 1. The minimum absolute atomic E-state index is 0.0544. The molecule has 0 fully saturated rings. The van der Waals surface area contributed by atoms with Crippen molar-refractivity contribution in [2.45, 2.75) is 27.2 Å². The first-order valence-electron chi connectivity index (χ1n) is 9.34. The summed E-state index contributed by atoms with van der Waals surface area (Å²) in [4.78, 5) is 23.3. The Morgan fingerprint density at radius 2 is 1.93 bits per heavy atom. The Bertz CT molecular complexity index is 952. The lowest BCUT2D eigenvalue weighted by Gasteiger charge is -2.15. The summed E-state index contributed by atoms with van der Waals surface area (Å²) < 4.78 is 0. The molecule has 0 unspecified atom stereocenters. The smallest absolute Gasteiger partial charge is 0.240 e. The van der Waals surface area contributed by atoms with E-state index in [4.69, 9.17) is 0 Å². The number of benzene rings is 1. The predicted molar refractivity (Wildman–Crippen MR) is 116 cm³/mol. The molecule has 1 aromatic carbocycles. The average molecular weight is 395 g/mol. The number of rotatable bonds is 7. The highest BCUT2D eigenvalue weighted by Crippen LogP contribution is 2.29. The van der Waals surface area contributed by atoms with Gasteiger partial charge in [0, 0.05) is 35.8 Å². The van der Waals surface area contributed by atoms with E-state index in [0.29, 0.717) is 11.7 Å². The first-order chi connectivity index (χ1) is 13.4. The summed E-state index contributed by atoms with van der Waals surface area (Å²) >= 11 is 1.46. The second-order valence-corrected chi connectivity index (χ2v) is 8.00. The largest absolute Gasteiger partial charge is 0.301 e. The second kappa shape index (κ2) is 9.08. The first kappa shape index (κ1) is 20.2. The Balaban J connectivity index is 1.56. The highest BCUT2D eigenvalue weighted by Gasteiger charge is 2.12. The molecule has 2 heterocycles. The highest BCUT2D eigenvalue weighted by molar-refractivity contribution is 7.14. The quantitative estimate of drug-likeness (QED) is 0.651. The summed E-state index contributed by atoms with van der Waals surface area (Å²) in [6.07, 6.45) is 2.61.